The maximum Gasteiger partial charge on any atom is 0.135 e. The van der Waals surface area contributed by atoms with Gasteiger partial charge in [0.2, 0.25) is 0 Å². The van der Waals surface area contributed by atoms with Crippen LogP contribution in [-0.4, -0.2) is 38.7 Å². The van der Waals surface area contributed by atoms with Crippen LogP contribution in [0, 0.1) is 0 Å². The highest BCUT2D eigenvalue weighted by atomic mass is 16.5. The Hall–Kier alpha value is -0.940. The van der Waals surface area contributed by atoms with Crippen molar-refractivity contribution in [2.75, 3.05) is 6.61 Å². The molecule has 0 spiro atoms. The molecule has 2 atom stereocenters. The first-order chi connectivity index (χ1) is 7.83. The van der Waals surface area contributed by atoms with Crippen molar-refractivity contribution in [2.24, 2.45) is 0 Å². The van der Waals surface area contributed by atoms with Crippen LogP contribution in [0.15, 0.2) is 0 Å². The number of aliphatic hydroxyl groups excluding tert-OH is 1. The van der Waals surface area contributed by atoms with Gasteiger partial charge in [-0.1, -0.05) is 0 Å². The predicted molar refractivity (Wildman–Crippen MR) is 57.0 cm³/mol. The van der Waals surface area contributed by atoms with E-state index in [4.69, 9.17) is 4.74 Å². The quantitative estimate of drug-likeness (QED) is 0.783. The minimum Gasteiger partial charge on any atom is -0.391 e. The van der Waals surface area contributed by atoms with Crippen LogP contribution in [-0.2, 0) is 24.1 Å². The van der Waals surface area contributed by atoms with Gasteiger partial charge in [0, 0.05) is 19.4 Å². The number of ether oxygens (including phenoxy) is 1. The van der Waals surface area contributed by atoms with E-state index in [1.54, 1.807) is 0 Å². The molecule has 0 aliphatic carbocycles. The lowest BCUT2D eigenvalue weighted by Crippen LogP contribution is -2.26. The van der Waals surface area contributed by atoms with Gasteiger partial charge in [-0.25, -0.2) is 0 Å². The van der Waals surface area contributed by atoms with E-state index >= 15 is 0 Å². The highest BCUT2D eigenvalue weighted by Gasteiger charge is 2.24. The van der Waals surface area contributed by atoms with Crippen LogP contribution >= 0.6 is 0 Å². The van der Waals surface area contributed by atoms with E-state index in [9.17, 15) is 5.11 Å². The van der Waals surface area contributed by atoms with Crippen molar-refractivity contribution in [3.63, 3.8) is 0 Å². The van der Waals surface area contributed by atoms with Crippen molar-refractivity contribution in [2.45, 2.75) is 50.9 Å². The highest BCUT2D eigenvalue weighted by molar-refractivity contribution is 5.01. The summed E-state index contributed by atoms with van der Waals surface area (Å²) < 4.78 is 7.67. The van der Waals surface area contributed by atoms with Gasteiger partial charge in [-0.2, -0.15) is 0 Å². The first kappa shape index (κ1) is 10.2. The SMILES string of the molecule is OC1CCc2nnc(CC3CCCO3)n2C1. The zero-order chi connectivity index (χ0) is 11.0. The third-order valence-corrected chi connectivity index (χ3v) is 3.43. The van der Waals surface area contributed by atoms with Crippen molar-refractivity contribution in [1.82, 2.24) is 14.8 Å². The monoisotopic (exact) mass is 223 g/mol. The summed E-state index contributed by atoms with van der Waals surface area (Å²) in [5.74, 6) is 1.99. The van der Waals surface area contributed by atoms with Gasteiger partial charge in [0.05, 0.1) is 18.8 Å². The molecule has 0 radical (unpaired) electrons. The van der Waals surface area contributed by atoms with E-state index in [1.165, 1.54) is 0 Å². The van der Waals surface area contributed by atoms with E-state index in [-0.39, 0.29) is 6.10 Å². The zero-order valence-corrected chi connectivity index (χ0v) is 9.30. The lowest BCUT2D eigenvalue weighted by molar-refractivity contribution is 0.104. The number of rotatable bonds is 2. The number of aliphatic hydroxyl groups is 1. The van der Waals surface area contributed by atoms with Gasteiger partial charge in [0.1, 0.15) is 11.6 Å². The highest BCUT2D eigenvalue weighted by Crippen LogP contribution is 2.20. The van der Waals surface area contributed by atoms with E-state index in [0.717, 1.165) is 50.4 Å². The predicted octanol–water partition coefficient (Wildman–Crippen LogP) is 0.307. The zero-order valence-electron chi connectivity index (χ0n) is 9.30. The van der Waals surface area contributed by atoms with E-state index in [1.807, 2.05) is 0 Å². The lowest BCUT2D eigenvalue weighted by atomic mass is 10.1. The van der Waals surface area contributed by atoms with Crippen molar-refractivity contribution in [3.05, 3.63) is 11.6 Å². The molecule has 2 unspecified atom stereocenters. The smallest absolute Gasteiger partial charge is 0.135 e. The van der Waals surface area contributed by atoms with Crippen LogP contribution in [0.25, 0.3) is 0 Å². The summed E-state index contributed by atoms with van der Waals surface area (Å²) in [7, 11) is 0. The first-order valence-electron chi connectivity index (χ1n) is 6.03. The third kappa shape index (κ3) is 1.85. The number of fused-ring (bicyclic) bond motifs is 1. The van der Waals surface area contributed by atoms with Gasteiger partial charge in [-0.3, -0.25) is 0 Å². The molecule has 1 aromatic heterocycles. The Balaban J connectivity index is 1.77. The van der Waals surface area contributed by atoms with Crippen molar-refractivity contribution in [1.29, 1.82) is 0 Å². The number of aromatic nitrogens is 3. The van der Waals surface area contributed by atoms with Crippen molar-refractivity contribution >= 4 is 0 Å². The summed E-state index contributed by atoms with van der Waals surface area (Å²) in [5.41, 5.74) is 0. The summed E-state index contributed by atoms with van der Waals surface area (Å²) in [4.78, 5) is 0. The Labute approximate surface area is 94.4 Å². The topological polar surface area (TPSA) is 60.2 Å². The van der Waals surface area contributed by atoms with Crippen molar-refractivity contribution in [3.8, 4) is 0 Å². The minimum absolute atomic E-state index is 0.244. The second kappa shape index (κ2) is 4.14. The molecular formula is C11H17N3O2. The first-order valence-corrected chi connectivity index (χ1v) is 6.03. The molecule has 16 heavy (non-hydrogen) atoms. The van der Waals surface area contributed by atoms with Crippen LogP contribution < -0.4 is 0 Å². The van der Waals surface area contributed by atoms with Crippen molar-refractivity contribution < 1.29 is 9.84 Å². The molecule has 0 saturated carbocycles. The summed E-state index contributed by atoms with van der Waals surface area (Å²) >= 11 is 0. The summed E-state index contributed by atoms with van der Waals surface area (Å²) in [6, 6.07) is 0. The molecule has 2 aliphatic rings. The molecule has 1 aromatic rings. The Kier molecular flexibility index (Phi) is 2.65. The summed E-state index contributed by atoms with van der Waals surface area (Å²) in [5, 5.41) is 18.0. The Bertz CT molecular complexity index is 371. The average Bonchev–Trinajstić information content (AvgIpc) is 2.90. The number of aryl methyl sites for hydroxylation is 1. The molecule has 1 fully saturated rings. The fourth-order valence-corrected chi connectivity index (χ4v) is 2.53. The second-order valence-corrected chi connectivity index (χ2v) is 4.67. The van der Waals surface area contributed by atoms with E-state index < -0.39 is 0 Å². The summed E-state index contributed by atoms with van der Waals surface area (Å²) in [6.45, 7) is 1.51. The Morgan fingerprint density at radius 3 is 3.12 bits per heavy atom. The van der Waals surface area contributed by atoms with Gasteiger partial charge < -0.3 is 14.4 Å². The maximum absolute atomic E-state index is 9.65. The normalized spacial score (nSPS) is 29.3. The molecule has 3 rings (SSSR count). The van der Waals surface area contributed by atoms with E-state index in [2.05, 4.69) is 14.8 Å². The molecular weight excluding hydrogens is 206 g/mol. The molecule has 5 heteroatoms. The van der Waals surface area contributed by atoms with Gasteiger partial charge in [0.15, 0.2) is 0 Å². The van der Waals surface area contributed by atoms with Crippen LogP contribution in [0.4, 0.5) is 0 Å². The number of hydrogen-bond acceptors (Lipinski definition) is 4. The Morgan fingerprint density at radius 1 is 1.38 bits per heavy atom. The van der Waals surface area contributed by atoms with Crippen LogP contribution in [0.3, 0.4) is 0 Å². The lowest BCUT2D eigenvalue weighted by Gasteiger charge is -2.20. The van der Waals surface area contributed by atoms with Gasteiger partial charge in [0.25, 0.3) is 0 Å². The van der Waals surface area contributed by atoms with Gasteiger partial charge in [-0.05, 0) is 19.3 Å². The molecule has 0 amide bonds. The minimum atomic E-state index is -0.244. The Morgan fingerprint density at radius 2 is 2.31 bits per heavy atom. The molecule has 0 bridgehead atoms. The van der Waals surface area contributed by atoms with Crippen LogP contribution in [0.1, 0.15) is 30.9 Å². The molecule has 3 heterocycles. The fraction of sp³-hybridized carbons (Fsp3) is 0.818. The molecule has 5 nitrogen and oxygen atoms in total. The third-order valence-electron chi connectivity index (χ3n) is 3.43. The molecule has 88 valence electrons. The number of hydrogen-bond donors (Lipinski definition) is 1. The van der Waals surface area contributed by atoms with E-state index in [0.29, 0.717) is 12.6 Å². The van der Waals surface area contributed by atoms with Gasteiger partial charge in [-0.15, -0.1) is 10.2 Å². The fourth-order valence-electron chi connectivity index (χ4n) is 2.53. The molecule has 0 aromatic carbocycles. The average molecular weight is 223 g/mol. The van der Waals surface area contributed by atoms with Crippen LogP contribution in [0.5, 0.6) is 0 Å². The standard InChI is InChI=1S/C11H17N3O2/c15-8-3-4-10-12-13-11(14(10)7-8)6-9-2-1-5-16-9/h8-9,15H,1-7H2. The van der Waals surface area contributed by atoms with Gasteiger partial charge >= 0.3 is 0 Å². The second-order valence-electron chi connectivity index (χ2n) is 4.67. The molecule has 2 aliphatic heterocycles. The largest absolute Gasteiger partial charge is 0.391 e. The summed E-state index contributed by atoms with van der Waals surface area (Å²) in [6.07, 6.45) is 4.79. The van der Waals surface area contributed by atoms with Crippen LogP contribution in [0.2, 0.25) is 0 Å². The molecule has 1 saturated heterocycles. The number of nitrogens with zero attached hydrogens (tertiary/aromatic N) is 3. The maximum atomic E-state index is 9.65. The molecule has 1 N–H and O–H groups in total.